The van der Waals surface area contributed by atoms with Crippen molar-refractivity contribution in [2.45, 2.75) is 0 Å². The Balaban J connectivity index is 3.81. The Morgan fingerprint density at radius 2 is 2.10 bits per heavy atom. The van der Waals surface area contributed by atoms with Crippen molar-refractivity contribution in [3.05, 3.63) is 24.4 Å². The highest BCUT2D eigenvalue weighted by molar-refractivity contribution is 5.31. The molecule has 0 heterocycles. The molecule has 0 aromatic carbocycles. The Morgan fingerprint density at radius 1 is 1.50 bits per heavy atom. The number of rotatable bonds is 3. The van der Waals surface area contributed by atoms with E-state index < -0.39 is 0 Å². The molecule has 0 spiro atoms. The zero-order valence-electron chi connectivity index (χ0n) is 5.39. The molecule has 0 saturated carbocycles. The van der Waals surface area contributed by atoms with Crippen LogP contribution in [-0.4, -0.2) is 6.54 Å². The number of nitrogens with one attached hydrogen (secondary N) is 1. The largest absolute Gasteiger partial charge is 0.378 e. The van der Waals surface area contributed by atoms with Gasteiger partial charge in [0, 0.05) is 6.54 Å². The fourth-order valence-corrected chi connectivity index (χ4v) is 0.292. The highest BCUT2D eigenvalue weighted by atomic mass is 14.8. The molecule has 0 fully saturated rings. The molecule has 0 amide bonds. The van der Waals surface area contributed by atoms with Crippen LogP contribution in [0.15, 0.2) is 18.2 Å². The van der Waals surface area contributed by atoms with E-state index in [-0.39, 0.29) is 5.57 Å². The van der Waals surface area contributed by atoms with Crippen LogP contribution in [0.2, 0.25) is 0 Å². The van der Waals surface area contributed by atoms with Gasteiger partial charge in [-0.05, 0) is 0 Å². The normalized spacial score (nSPS) is 6.60. The topological polar surface area (TPSA) is 59.6 Å². The third-order valence-corrected chi connectivity index (χ3v) is 0.683. The van der Waals surface area contributed by atoms with E-state index >= 15 is 0 Å². The minimum Gasteiger partial charge on any atom is -0.378 e. The average Bonchev–Trinajstić information content (AvgIpc) is 1.99. The van der Waals surface area contributed by atoms with E-state index in [1.165, 1.54) is 0 Å². The summed E-state index contributed by atoms with van der Waals surface area (Å²) in [5.74, 6) is 0. The Hall–Kier alpha value is -1.74. The van der Waals surface area contributed by atoms with Crippen LogP contribution in [0.25, 0.3) is 0 Å². The molecule has 3 heteroatoms. The van der Waals surface area contributed by atoms with Gasteiger partial charge in [0.05, 0.1) is 6.20 Å². The second-order valence-corrected chi connectivity index (χ2v) is 1.39. The third-order valence-electron chi connectivity index (χ3n) is 0.683. The average molecular weight is 132 g/mol. The van der Waals surface area contributed by atoms with Gasteiger partial charge in [0.1, 0.15) is 12.1 Å². The van der Waals surface area contributed by atoms with E-state index in [2.05, 4.69) is 18.1 Å². The molecule has 3 nitrogen and oxygen atoms in total. The Bertz CT molecular complexity index is 198. The van der Waals surface area contributed by atoms with E-state index in [4.69, 9.17) is 10.5 Å². The lowest BCUT2D eigenvalue weighted by molar-refractivity contribution is 0.951. The van der Waals surface area contributed by atoms with Gasteiger partial charge in [0.15, 0.2) is 5.57 Å². The van der Waals surface area contributed by atoms with Crippen molar-refractivity contribution in [1.29, 1.82) is 10.5 Å². The van der Waals surface area contributed by atoms with E-state index in [0.29, 0.717) is 6.54 Å². The Kier molecular flexibility index (Phi) is 4.46. The van der Waals surface area contributed by atoms with Crippen LogP contribution >= 0.6 is 0 Å². The van der Waals surface area contributed by atoms with E-state index in [1.807, 2.05) is 0 Å². The van der Waals surface area contributed by atoms with Crippen LogP contribution in [-0.2, 0) is 0 Å². The predicted octanol–water partition coefficient (Wildman–Crippen LogP) is 0.496. The van der Waals surface area contributed by atoms with Crippen molar-refractivity contribution in [3.8, 4) is 12.1 Å². The predicted molar refractivity (Wildman–Crippen MR) is 36.2 cm³/mol. The molecule has 0 aliphatic heterocycles. The molecule has 0 aromatic heterocycles. The first-order chi connectivity index (χ1) is 4.85. The van der Waals surface area contributed by atoms with Crippen LogP contribution in [0.3, 0.4) is 0 Å². The summed E-state index contributed by atoms with van der Waals surface area (Å²) >= 11 is 0. The molecule has 1 N–H and O–H groups in total. The first-order valence-electron chi connectivity index (χ1n) is 2.62. The minimum absolute atomic E-state index is 0.0538. The summed E-state index contributed by atoms with van der Waals surface area (Å²) in [5.41, 5.74) is -0.0538. The molecule has 0 aromatic rings. The van der Waals surface area contributed by atoms with E-state index in [1.54, 1.807) is 18.2 Å². The quantitative estimate of drug-likeness (QED) is 0.263. The monoisotopic (exact) mass is 132 g/mol. The second-order valence-electron chi connectivity index (χ2n) is 1.39. The molecule has 0 rings (SSSR count). The molecule has 1 radical (unpaired) electrons. The van der Waals surface area contributed by atoms with E-state index in [0.717, 1.165) is 0 Å². The summed E-state index contributed by atoms with van der Waals surface area (Å²) in [6, 6.07) is 3.32. The molecule has 0 aliphatic rings. The molecular formula is C7H6N3. The standard InChI is InChI=1S/C7H6N3/c1-2-3-10-6-7(4-8)5-9/h2,10H,1,3H2. The van der Waals surface area contributed by atoms with Gasteiger partial charge >= 0.3 is 0 Å². The highest BCUT2D eigenvalue weighted by Gasteiger charge is 1.87. The Morgan fingerprint density at radius 3 is 2.50 bits per heavy atom. The SMILES string of the molecule is C=CCN[C]=C(C#N)C#N. The summed E-state index contributed by atoms with van der Waals surface area (Å²) in [6.07, 6.45) is 4.00. The van der Waals surface area contributed by atoms with Crippen LogP contribution in [0, 0.1) is 28.9 Å². The van der Waals surface area contributed by atoms with Crippen LogP contribution in [0.5, 0.6) is 0 Å². The molecule has 10 heavy (non-hydrogen) atoms. The van der Waals surface area contributed by atoms with Crippen molar-refractivity contribution in [3.63, 3.8) is 0 Å². The minimum atomic E-state index is -0.0538. The molecule has 0 saturated heterocycles. The van der Waals surface area contributed by atoms with Crippen molar-refractivity contribution in [2.75, 3.05) is 6.54 Å². The maximum atomic E-state index is 8.19. The number of hydrogen-bond donors (Lipinski definition) is 1. The van der Waals surface area contributed by atoms with Gasteiger partial charge in [-0.15, -0.1) is 6.58 Å². The van der Waals surface area contributed by atoms with Gasteiger partial charge in [-0.2, -0.15) is 10.5 Å². The number of allylic oxidation sites excluding steroid dienone is 1. The Labute approximate surface area is 59.9 Å². The molecule has 0 atom stereocenters. The van der Waals surface area contributed by atoms with Crippen LogP contribution < -0.4 is 5.32 Å². The van der Waals surface area contributed by atoms with Gasteiger partial charge in [-0.3, -0.25) is 0 Å². The lowest BCUT2D eigenvalue weighted by Gasteiger charge is -1.88. The fraction of sp³-hybridized carbons (Fsp3) is 0.143. The summed E-state index contributed by atoms with van der Waals surface area (Å²) in [5, 5.41) is 19.0. The second kappa shape index (κ2) is 5.40. The first-order valence-corrected chi connectivity index (χ1v) is 2.62. The zero-order chi connectivity index (χ0) is 7.82. The molecule has 0 aliphatic carbocycles. The summed E-state index contributed by atoms with van der Waals surface area (Å²) in [6.45, 7) is 3.94. The van der Waals surface area contributed by atoms with Gasteiger partial charge in [-0.25, -0.2) is 0 Å². The van der Waals surface area contributed by atoms with Crippen LogP contribution in [0.1, 0.15) is 0 Å². The smallest absolute Gasteiger partial charge is 0.154 e. The zero-order valence-corrected chi connectivity index (χ0v) is 5.39. The molecule has 0 bridgehead atoms. The number of nitriles is 2. The van der Waals surface area contributed by atoms with Crippen molar-refractivity contribution in [2.24, 2.45) is 0 Å². The number of nitrogens with zero attached hydrogens (tertiary/aromatic N) is 2. The van der Waals surface area contributed by atoms with E-state index in [9.17, 15) is 0 Å². The van der Waals surface area contributed by atoms with Gasteiger partial charge in [0.2, 0.25) is 0 Å². The summed E-state index contributed by atoms with van der Waals surface area (Å²) < 4.78 is 0. The lowest BCUT2D eigenvalue weighted by atomic mass is 10.3. The maximum Gasteiger partial charge on any atom is 0.154 e. The molecule has 49 valence electrons. The van der Waals surface area contributed by atoms with Gasteiger partial charge < -0.3 is 5.32 Å². The molecule has 0 unspecified atom stereocenters. The molecular weight excluding hydrogens is 126 g/mol. The van der Waals surface area contributed by atoms with Gasteiger partial charge in [-0.1, -0.05) is 6.08 Å². The van der Waals surface area contributed by atoms with Crippen molar-refractivity contribution >= 4 is 0 Å². The highest BCUT2D eigenvalue weighted by Crippen LogP contribution is 1.82. The fourth-order valence-electron chi connectivity index (χ4n) is 0.292. The van der Waals surface area contributed by atoms with Crippen LogP contribution in [0.4, 0.5) is 0 Å². The first kappa shape index (κ1) is 8.26. The van der Waals surface area contributed by atoms with Crippen molar-refractivity contribution in [1.82, 2.24) is 5.32 Å². The maximum absolute atomic E-state index is 8.19. The summed E-state index contributed by atoms with van der Waals surface area (Å²) in [7, 11) is 0. The summed E-state index contributed by atoms with van der Waals surface area (Å²) in [4.78, 5) is 0. The third kappa shape index (κ3) is 3.29. The number of hydrogen-bond acceptors (Lipinski definition) is 3. The lowest BCUT2D eigenvalue weighted by Crippen LogP contribution is -2.05. The van der Waals surface area contributed by atoms with Crippen molar-refractivity contribution < 1.29 is 0 Å². The van der Waals surface area contributed by atoms with Gasteiger partial charge in [0.25, 0.3) is 0 Å².